The van der Waals surface area contributed by atoms with E-state index in [1.165, 1.54) is 0 Å². The molecule has 0 atom stereocenters. The quantitative estimate of drug-likeness (QED) is 0.464. The molecule has 0 saturated heterocycles. The Kier molecular flexibility index (Phi) is 4.03. The van der Waals surface area contributed by atoms with Gasteiger partial charge in [0.15, 0.2) is 0 Å². The smallest absolute Gasteiger partial charge is 0.237 e. The molecule has 70 valence electrons. The Hall–Kier alpha value is -1.31. The molecule has 0 radical (unpaired) electrons. The van der Waals surface area contributed by atoms with Crippen molar-refractivity contribution in [2.24, 2.45) is 0 Å². The molecule has 0 aliphatic heterocycles. The Morgan fingerprint density at radius 2 is 2.00 bits per heavy atom. The van der Waals surface area contributed by atoms with Crippen molar-refractivity contribution in [3.8, 4) is 0 Å². The minimum absolute atomic E-state index is 1.02. The van der Waals surface area contributed by atoms with Gasteiger partial charge < -0.3 is 0 Å². The highest BCUT2D eigenvalue weighted by atomic mass is 15.1. The maximum Gasteiger partial charge on any atom is 0.243 e. The molecule has 0 aromatic carbocycles. The van der Waals surface area contributed by atoms with Crippen molar-refractivity contribution in [2.75, 3.05) is 0 Å². The summed E-state index contributed by atoms with van der Waals surface area (Å²) in [5, 5.41) is 0. The average molecular weight is 177 g/mol. The molecule has 0 spiro atoms. The van der Waals surface area contributed by atoms with Crippen molar-refractivity contribution in [3.05, 3.63) is 44.0 Å². The Balaban J connectivity index is 2.43. The summed E-state index contributed by atoms with van der Waals surface area (Å²) in [6, 6.07) is 0. The predicted molar refractivity (Wildman–Crippen MR) is 54.3 cm³/mol. The molecule has 0 bridgehead atoms. The fourth-order valence-corrected chi connectivity index (χ4v) is 1.18. The summed E-state index contributed by atoms with van der Waals surface area (Å²) >= 11 is 0. The van der Waals surface area contributed by atoms with E-state index in [4.69, 9.17) is 0 Å². The summed E-state index contributed by atoms with van der Waals surface area (Å²) < 4.78 is 4.34. The van der Waals surface area contributed by atoms with Crippen LogP contribution in [0.15, 0.2) is 44.0 Å². The molecule has 2 nitrogen and oxygen atoms in total. The van der Waals surface area contributed by atoms with Crippen LogP contribution in [0, 0.1) is 0 Å². The first kappa shape index (κ1) is 9.78. The molecule has 0 N–H and O–H groups in total. The zero-order valence-corrected chi connectivity index (χ0v) is 8.02. The Morgan fingerprint density at radius 1 is 1.23 bits per heavy atom. The first-order valence-electron chi connectivity index (χ1n) is 4.63. The number of aromatic nitrogens is 2. The van der Waals surface area contributed by atoms with Crippen LogP contribution in [0.4, 0.5) is 0 Å². The number of allylic oxidation sites excluding steroid dienone is 2. The molecule has 2 heteroatoms. The van der Waals surface area contributed by atoms with Crippen LogP contribution in [0.3, 0.4) is 0 Å². The highest BCUT2D eigenvalue weighted by molar-refractivity contribution is 4.72. The predicted octanol–water partition coefficient (Wildman–Crippen LogP) is 1.93. The minimum Gasteiger partial charge on any atom is -0.237 e. The number of nitrogens with zero attached hydrogens (tertiary/aromatic N) is 2. The number of rotatable bonds is 6. The Bertz CT molecular complexity index is 247. The molecule has 0 unspecified atom stereocenters. The van der Waals surface area contributed by atoms with Crippen molar-refractivity contribution in [3.63, 3.8) is 0 Å². The molecule has 1 heterocycles. The summed E-state index contributed by atoms with van der Waals surface area (Å²) in [6.45, 7) is 9.43. The molecule has 0 amide bonds. The SMILES string of the molecule is C=CCCn1cc[n+](CCC=C)c1. The summed E-state index contributed by atoms with van der Waals surface area (Å²) in [7, 11) is 0. The number of imidazole rings is 1. The van der Waals surface area contributed by atoms with Crippen LogP contribution in [-0.2, 0) is 13.1 Å². The molecule has 1 aromatic heterocycles. The van der Waals surface area contributed by atoms with Gasteiger partial charge in [-0.1, -0.05) is 12.2 Å². The highest BCUT2D eigenvalue weighted by Gasteiger charge is 2.00. The number of hydrogen-bond acceptors (Lipinski definition) is 0. The molecule has 13 heavy (non-hydrogen) atoms. The topological polar surface area (TPSA) is 8.81 Å². The van der Waals surface area contributed by atoms with Crippen LogP contribution in [-0.4, -0.2) is 4.57 Å². The lowest BCUT2D eigenvalue weighted by molar-refractivity contribution is -0.695. The zero-order chi connectivity index (χ0) is 9.52. The largest absolute Gasteiger partial charge is 0.243 e. The van der Waals surface area contributed by atoms with Gasteiger partial charge in [-0.15, -0.1) is 13.2 Å². The van der Waals surface area contributed by atoms with Crippen molar-refractivity contribution in [2.45, 2.75) is 25.9 Å². The van der Waals surface area contributed by atoms with Crippen molar-refractivity contribution in [1.29, 1.82) is 0 Å². The van der Waals surface area contributed by atoms with Crippen LogP contribution in [0.1, 0.15) is 12.8 Å². The van der Waals surface area contributed by atoms with E-state index in [1.807, 2.05) is 12.2 Å². The fourth-order valence-electron chi connectivity index (χ4n) is 1.18. The molecular formula is C11H17N2+. The van der Waals surface area contributed by atoms with Crippen LogP contribution >= 0.6 is 0 Å². The third-order valence-corrected chi connectivity index (χ3v) is 1.93. The van der Waals surface area contributed by atoms with Gasteiger partial charge in [0.25, 0.3) is 0 Å². The van der Waals surface area contributed by atoms with Crippen molar-refractivity contribution >= 4 is 0 Å². The molecule has 0 aliphatic carbocycles. The normalized spacial score (nSPS) is 9.85. The molecular weight excluding hydrogens is 160 g/mol. The number of hydrogen-bond donors (Lipinski definition) is 0. The molecule has 0 saturated carbocycles. The minimum atomic E-state index is 1.02. The average Bonchev–Trinajstić information content (AvgIpc) is 2.59. The Labute approximate surface area is 79.8 Å². The van der Waals surface area contributed by atoms with Crippen LogP contribution < -0.4 is 4.57 Å². The third-order valence-electron chi connectivity index (χ3n) is 1.93. The van der Waals surface area contributed by atoms with E-state index < -0.39 is 0 Å². The van der Waals surface area contributed by atoms with E-state index in [-0.39, 0.29) is 0 Å². The number of aryl methyl sites for hydroxylation is 2. The lowest BCUT2D eigenvalue weighted by atomic mass is 10.4. The van der Waals surface area contributed by atoms with E-state index >= 15 is 0 Å². The molecule has 0 aliphatic rings. The summed E-state index contributed by atoms with van der Waals surface area (Å²) in [5.41, 5.74) is 0. The van der Waals surface area contributed by atoms with Gasteiger partial charge >= 0.3 is 0 Å². The molecule has 1 rings (SSSR count). The second-order valence-corrected chi connectivity index (χ2v) is 3.04. The van der Waals surface area contributed by atoms with Crippen LogP contribution in [0.5, 0.6) is 0 Å². The zero-order valence-electron chi connectivity index (χ0n) is 8.02. The maximum atomic E-state index is 3.70. The molecule has 0 fully saturated rings. The van der Waals surface area contributed by atoms with Gasteiger partial charge in [-0.05, 0) is 0 Å². The van der Waals surface area contributed by atoms with Gasteiger partial charge in [-0.25, -0.2) is 9.13 Å². The summed E-state index contributed by atoms with van der Waals surface area (Å²) in [6.07, 6.45) is 12.2. The second kappa shape index (κ2) is 5.36. The summed E-state index contributed by atoms with van der Waals surface area (Å²) in [5.74, 6) is 0. The lowest BCUT2D eigenvalue weighted by Gasteiger charge is -1.91. The second-order valence-electron chi connectivity index (χ2n) is 3.04. The summed E-state index contributed by atoms with van der Waals surface area (Å²) in [4.78, 5) is 0. The standard InChI is InChI=1S/C11H17N2/c1-3-5-7-12-9-10-13(11-12)8-6-4-2/h3-4,9-11H,1-2,5-8H2/q+1. The van der Waals surface area contributed by atoms with Gasteiger partial charge in [-0.3, -0.25) is 0 Å². The fraction of sp³-hybridized carbons (Fsp3) is 0.364. The van der Waals surface area contributed by atoms with Crippen molar-refractivity contribution in [1.82, 2.24) is 4.57 Å². The van der Waals surface area contributed by atoms with Gasteiger partial charge in [0.05, 0.1) is 13.1 Å². The van der Waals surface area contributed by atoms with Crippen LogP contribution in [0.2, 0.25) is 0 Å². The van der Waals surface area contributed by atoms with E-state index in [2.05, 4.69) is 41.0 Å². The van der Waals surface area contributed by atoms with Gasteiger partial charge in [0, 0.05) is 12.8 Å². The van der Waals surface area contributed by atoms with E-state index in [0.29, 0.717) is 0 Å². The van der Waals surface area contributed by atoms with Gasteiger partial charge in [0.1, 0.15) is 12.4 Å². The third kappa shape index (κ3) is 3.28. The van der Waals surface area contributed by atoms with Crippen LogP contribution in [0.25, 0.3) is 0 Å². The van der Waals surface area contributed by atoms with Gasteiger partial charge in [0.2, 0.25) is 6.33 Å². The molecule has 1 aromatic rings. The highest BCUT2D eigenvalue weighted by Crippen LogP contribution is 1.90. The maximum absolute atomic E-state index is 3.70. The lowest BCUT2D eigenvalue weighted by Crippen LogP contribution is -2.30. The Morgan fingerprint density at radius 3 is 2.69 bits per heavy atom. The first-order chi connectivity index (χ1) is 6.36. The first-order valence-corrected chi connectivity index (χ1v) is 4.63. The monoisotopic (exact) mass is 177 g/mol. The van der Waals surface area contributed by atoms with Crippen molar-refractivity contribution < 1.29 is 4.57 Å². The van der Waals surface area contributed by atoms with E-state index in [0.717, 1.165) is 25.9 Å². The van der Waals surface area contributed by atoms with Gasteiger partial charge in [-0.2, -0.15) is 0 Å². The van der Waals surface area contributed by atoms with E-state index in [9.17, 15) is 0 Å². The van der Waals surface area contributed by atoms with E-state index in [1.54, 1.807) is 0 Å².